The van der Waals surface area contributed by atoms with Crippen molar-refractivity contribution in [2.75, 3.05) is 11.6 Å². The zero-order valence-corrected chi connectivity index (χ0v) is 16.2. The van der Waals surface area contributed by atoms with Gasteiger partial charge in [0.2, 0.25) is 11.1 Å². The van der Waals surface area contributed by atoms with E-state index in [9.17, 15) is 9.59 Å². The van der Waals surface area contributed by atoms with E-state index in [0.29, 0.717) is 28.1 Å². The summed E-state index contributed by atoms with van der Waals surface area (Å²) in [6.07, 6.45) is 0. The van der Waals surface area contributed by atoms with Gasteiger partial charge in [0.05, 0.1) is 5.75 Å². The van der Waals surface area contributed by atoms with Crippen LogP contribution in [0.4, 0.5) is 4.79 Å². The van der Waals surface area contributed by atoms with Crippen LogP contribution in [0.25, 0.3) is 11.4 Å². The number of carbonyl (C=O) groups is 2. The fourth-order valence-electron chi connectivity index (χ4n) is 2.32. The van der Waals surface area contributed by atoms with E-state index in [1.54, 1.807) is 24.3 Å². The minimum atomic E-state index is -0.566. The van der Waals surface area contributed by atoms with Crippen LogP contribution in [0.1, 0.15) is 5.56 Å². The number of nitrogen functional groups attached to an aromatic ring is 1. The number of nitrogens with zero attached hydrogens (tertiary/aromatic N) is 3. The normalized spacial score (nSPS) is 10.5. The van der Waals surface area contributed by atoms with Gasteiger partial charge in [0.25, 0.3) is 0 Å². The highest BCUT2D eigenvalue weighted by atomic mass is 35.5. The summed E-state index contributed by atoms with van der Waals surface area (Å²) >= 11 is 7.05. The van der Waals surface area contributed by atoms with Gasteiger partial charge in [0, 0.05) is 17.1 Å². The summed E-state index contributed by atoms with van der Waals surface area (Å²) in [7, 11) is 0. The number of hydrogen-bond acceptors (Lipinski definition) is 6. The molecule has 0 atom stereocenters. The first kappa shape index (κ1) is 19.7. The first-order valence-corrected chi connectivity index (χ1v) is 9.60. The van der Waals surface area contributed by atoms with Gasteiger partial charge in [-0.05, 0) is 17.7 Å². The van der Waals surface area contributed by atoms with Gasteiger partial charge in [0.1, 0.15) is 0 Å². The maximum Gasteiger partial charge on any atom is 0.321 e. The van der Waals surface area contributed by atoms with Crippen molar-refractivity contribution < 1.29 is 9.59 Å². The Hall–Kier alpha value is -3.04. The zero-order valence-electron chi connectivity index (χ0n) is 14.6. The summed E-state index contributed by atoms with van der Waals surface area (Å²) in [5.74, 6) is 5.92. The average Bonchev–Trinajstić information content (AvgIpc) is 3.06. The number of urea groups is 1. The monoisotopic (exact) mass is 416 g/mol. The van der Waals surface area contributed by atoms with Crippen molar-refractivity contribution in [1.82, 2.24) is 25.5 Å². The molecular formula is C18H17ClN6O2S. The SMILES string of the molecule is Nn1c(SCC(=O)NC(=O)NCc2ccccc2)nnc1-c1cccc(Cl)c1. The van der Waals surface area contributed by atoms with E-state index >= 15 is 0 Å². The minimum absolute atomic E-state index is 0.0381. The number of thioether (sulfide) groups is 1. The second-order valence-electron chi connectivity index (χ2n) is 5.69. The van der Waals surface area contributed by atoms with E-state index in [1.807, 2.05) is 30.3 Å². The second kappa shape index (κ2) is 9.25. The molecule has 28 heavy (non-hydrogen) atoms. The van der Waals surface area contributed by atoms with Crippen LogP contribution in [0.3, 0.4) is 0 Å². The Morgan fingerprint density at radius 3 is 2.64 bits per heavy atom. The van der Waals surface area contributed by atoms with Crippen LogP contribution in [0.15, 0.2) is 59.8 Å². The number of halogens is 1. The molecule has 0 bridgehead atoms. The van der Waals surface area contributed by atoms with Crippen LogP contribution in [0.2, 0.25) is 5.02 Å². The Morgan fingerprint density at radius 1 is 1.11 bits per heavy atom. The summed E-state index contributed by atoms with van der Waals surface area (Å²) in [5, 5.41) is 13.8. The van der Waals surface area contributed by atoms with Gasteiger partial charge >= 0.3 is 6.03 Å². The van der Waals surface area contributed by atoms with Crippen LogP contribution < -0.4 is 16.5 Å². The van der Waals surface area contributed by atoms with Gasteiger partial charge in [-0.2, -0.15) is 0 Å². The highest BCUT2D eigenvalue weighted by molar-refractivity contribution is 7.99. The molecule has 0 saturated carbocycles. The molecule has 0 saturated heterocycles. The first-order chi connectivity index (χ1) is 13.5. The lowest BCUT2D eigenvalue weighted by Gasteiger charge is -2.07. The molecule has 0 unspecified atom stereocenters. The van der Waals surface area contributed by atoms with Gasteiger partial charge in [0.15, 0.2) is 5.82 Å². The predicted octanol–water partition coefficient (Wildman–Crippen LogP) is 2.43. The van der Waals surface area contributed by atoms with Crippen molar-refractivity contribution in [3.63, 3.8) is 0 Å². The molecule has 144 valence electrons. The topological polar surface area (TPSA) is 115 Å². The van der Waals surface area contributed by atoms with Gasteiger partial charge in [-0.3, -0.25) is 10.1 Å². The first-order valence-electron chi connectivity index (χ1n) is 8.24. The summed E-state index contributed by atoms with van der Waals surface area (Å²) in [4.78, 5) is 23.8. The fraction of sp³-hybridized carbons (Fsp3) is 0.111. The highest BCUT2D eigenvalue weighted by Crippen LogP contribution is 2.23. The van der Waals surface area contributed by atoms with Crippen LogP contribution in [-0.2, 0) is 11.3 Å². The van der Waals surface area contributed by atoms with Crippen LogP contribution in [0, 0.1) is 0 Å². The molecule has 8 nitrogen and oxygen atoms in total. The van der Waals surface area contributed by atoms with Crippen molar-refractivity contribution in [3.8, 4) is 11.4 Å². The number of nitrogens with one attached hydrogen (secondary N) is 2. The van der Waals surface area contributed by atoms with Crippen LogP contribution in [0.5, 0.6) is 0 Å². The van der Waals surface area contributed by atoms with Crippen molar-refractivity contribution >= 4 is 35.3 Å². The molecule has 1 heterocycles. The van der Waals surface area contributed by atoms with Crippen LogP contribution in [-0.4, -0.2) is 32.6 Å². The Bertz CT molecular complexity index is 979. The van der Waals surface area contributed by atoms with Crippen molar-refractivity contribution in [2.24, 2.45) is 0 Å². The number of hydrogen-bond donors (Lipinski definition) is 3. The molecule has 3 rings (SSSR count). The minimum Gasteiger partial charge on any atom is -0.335 e. The van der Waals surface area contributed by atoms with E-state index in [1.165, 1.54) is 4.68 Å². The molecule has 0 radical (unpaired) electrons. The van der Waals surface area contributed by atoms with Crippen molar-refractivity contribution in [3.05, 3.63) is 65.2 Å². The molecular weight excluding hydrogens is 400 g/mol. The van der Waals surface area contributed by atoms with E-state index in [0.717, 1.165) is 17.3 Å². The number of benzene rings is 2. The standard InChI is InChI=1S/C18H17ClN6O2S/c19-14-8-4-7-13(9-14)16-23-24-18(25(16)20)28-11-15(26)22-17(27)21-10-12-5-2-1-3-6-12/h1-9H,10-11,20H2,(H2,21,22,26,27). The van der Waals surface area contributed by atoms with E-state index in [4.69, 9.17) is 17.4 Å². The number of aromatic nitrogens is 3. The van der Waals surface area contributed by atoms with Crippen LogP contribution >= 0.6 is 23.4 Å². The Labute approximate surface area is 170 Å². The lowest BCUT2D eigenvalue weighted by atomic mass is 10.2. The van der Waals surface area contributed by atoms with E-state index in [-0.39, 0.29) is 5.75 Å². The lowest BCUT2D eigenvalue weighted by Crippen LogP contribution is -2.40. The van der Waals surface area contributed by atoms with Gasteiger partial charge < -0.3 is 11.2 Å². The third kappa shape index (κ3) is 5.24. The molecule has 4 N–H and O–H groups in total. The molecule has 3 aromatic rings. The van der Waals surface area contributed by atoms with Crippen molar-refractivity contribution in [2.45, 2.75) is 11.7 Å². The van der Waals surface area contributed by atoms with Gasteiger partial charge in [-0.1, -0.05) is 65.8 Å². The molecule has 0 aliphatic carbocycles. The molecule has 3 amide bonds. The summed E-state index contributed by atoms with van der Waals surface area (Å²) in [6, 6.07) is 15.9. The quantitative estimate of drug-likeness (QED) is 0.420. The highest BCUT2D eigenvalue weighted by Gasteiger charge is 2.15. The maximum atomic E-state index is 12.0. The molecule has 0 aliphatic heterocycles. The molecule has 0 aliphatic rings. The summed E-state index contributed by atoms with van der Waals surface area (Å²) < 4.78 is 1.28. The lowest BCUT2D eigenvalue weighted by molar-refractivity contribution is -0.117. The predicted molar refractivity (Wildman–Crippen MR) is 108 cm³/mol. The smallest absolute Gasteiger partial charge is 0.321 e. The number of imide groups is 1. The number of nitrogens with two attached hydrogens (primary N) is 1. The molecule has 0 fully saturated rings. The van der Waals surface area contributed by atoms with Crippen molar-refractivity contribution in [1.29, 1.82) is 0 Å². The largest absolute Gasteiger partial charge is 0.335 e. The van der Waals surface area contributed by atoms with E-state index < -0.39 is 11.9 Å². The number of amides is 3. The summed E-state index contributed by atoms with van der Waals surface area (Å²) in [5.41, 5.74) is 1.64. The van der Waals surface area contributed by atoms with Gasteiger partial charge in [-0.15, -0.1) is 10.2 Å². The third-order valence-corrected chi connectivity index (χ3v) is 4.81. The summed E-state index contributed by atoms with van der Waals surface area (Å²) in [6.45, 7) is 0.327. The molecule has 0 spiro atoms. The Balaban J connectivity index is 1.50. The Morgan fingerprint density at radius 2 is 1.89 bits per heavy atom. The third-order valence-electron chi connectivity index (χ3n) is 3.63. The zero-order chi connectivity index (χ0) is 19.9. The molecule has 1 aromatic heterocycles. The van der Waals surface area contributed by atoms with E-state index in [2.05, 4.69) is 20.8 Å². The second-order valence-corrected chi connectivity index (χ2v) is 7.07. The Kier molecular flexibility index (Phi) is 6.51. The molecule has 10 heteroatoms. The maximum absolute atomic E-state index is 12.0. The molecule has 2 aromatic carbocycles. The number of rotatable bonds is 6. The van der Waals surface area contributed by atoms with Gasteiger partial charge in [-0.25, -0.2) is 9.47 Å². The fourth-order valence-corrected chi connectivity index (χ4v) is 3.16. The average molecular weight is 417 g/mol. The number of carbonyl (C=O) groups excluding carboxylic acids is 2.